The number of benzene rings is 1. The molecule has 0 aliphatic rings. The Morgan fingerprint density at radius 2 is 1.63 bits per heavy atom. The number of rotatable bonds is 6. The van der Waals surface area contributed by atoms with Gasteiger partial charge in [0.05, 0.1) is 17.9 Å². The molecule has 0 aliphatic heterocycles. The van der Waals surface area contributed by atoms with Gasteiger partial charge in [0.1, 0.15) is 5.69 Å². The Kier molecular flexibility index (Phi) is 6.79. The molecule has 1 amide bonds. The third kappa shape index (κ3) is 5.42. The lowest BCUT2D eigenvalue weighted by Crippen LogP contribution is -2.16. The molecule has 3 rings (SSSR count). The molecule has 3 aromatic rings. The van der Waals surface area contributed by atoms with Crippen LogP contribution in [-0.4, -0.2) is 33.4 Å². The standard InChI is InChI=1S/C22H22N4O3S/c1-5-29-21(28)18-10-11-19(25-15(18)4)20(27)26-16-6-8-17(9-7-16)30-22-23-13(2)12-14(3)24-22/h6-12H,5H2,1-4H3,(H,26,27). The molecule has 0 fully saturated rings. The number of esters is 1. The van der Waals surface area contributed by atoms with Crippen molar-refractivity contribution >= 4 is 29.3 Å². The number of carbonyl (C=O) groups excluding carboxylic acids is 2. The summed E-state index contributed by atoms with van der Waals surface area (Å²) in [4.78, 5) is 38.4. The molecule has 0 aliphatic carbocycles. The van der Waals surface area contributed by atoms with E-state index in [0.29, 0.717) is 22.1 Å². The first-order valence-electron chi connectivity index (χ1n) is 9.42. The maximum atomic E-state index is 12.5. The molecule has 1 N–H and O–H groups in total. The van der Waals surface area contributed by atoms with Crippen LogP contribution in [0.3, 0.4) is 0 Å². The minimum Gasteiger partial charge on any atom is -0.462 e. The summed E-state index contributed by atoms with van der Waals surface area (Å²) in [7, 11) is 0. The molecule has 0 bridgehead atoms. The van der Waals surface area contributed by atoms with Crippen LogP contribution in [-0.2, 0) is 4.74 Å². The second kappa shape index (κ2) is 9.49. The van der Waals surface area contributed by atoms with E-state index in [9.17, 15) is 9.59 Å². The van der Waals surface area contributed by atoms with Crippen molar-refractivity contribution in [1.29, 1.82) is 0 Å². The lowest BCUT2D eigenvalue weighted by atomic mass is 10.2. The largest absolute Gasteiger partial charge is 0.462 e. The second-order valence-electron chi connectivity index (χ2n) is 6.56. The number of carbonyl (C=O) groups is 2. The Balaban J connectivity index is 1.67. The molecule has 8 heteroatoms. The zero-order valence-electron chi connectivity index (χ0n) is 17.2. The average Bonchev–Trinajstić information content (AvgIpc) is 2.68. The lowest BCUT2D eigenvalue weighted by molar-refractivity contribution is 0.0524. The van der Waals surface area contributed by atoms with Gasteiger partial charge in [-0.2, -0.15) is 0 Å². The summed E-state index contributed by atoms with van der Waals surface area (Å²) in [5.74, 6) is -0.804. The maximum absolute atomic E-state index is 12.5. The van der Waals surface area contributed by atoms with Gasteiger partial charge in [-0.15, -0.1) is 0 Å². The summed E-state index contributed by atoms with van der Waals surface area (Å²) < 4.78 is 4.98. The number of hydrogen-bond donors (Lipinski definition) is 1. The molecule has 0 radical (unpaired) electrons. The lowest BCUT2D eigenvalue weighted by Gasteiger charge is -2.09. The van der Waals surface area contributed by atoms with Gasteiger partial charge >= 0.3 is 5.97 Å². The predicted octanol–water partition coefficient (Wildman–Crippen LogP) is 4.38. The van der Waals surface area contributed by atoms with Crippen molar-refractivity contribution in [3.05, 3.63) is 70.8 Å². The minimum atomic E-state index is -0.449. The van der Waals surface area contributed by atoms with Crippen LogP contribution >= 0.6 is 11.8 Å². The molecule has 0 saturated carbocycles. The van der Waals surface area contributed by atoms with E-state index in [1.54, 1.807) is 19.9 Å². The Hall–Kier alpha value is -3.26. The van der Waals surface area contributed by atoms with Gasteiger partial charge in [0, 0.05) is 22.0 Å². The Morgan fingerprint density at radius 1 is 0.967 bits per heavy atom. The molecule has 2 aromatic heterocycles. The first-order chi connectivity index (χ1) is 14.4. The molecule has 0 atom stereocenters. The van der Waals surface area contributed by atoms with Crippen LogP contribution in [0.4, 0.5) is 5.69 Å². The van der Waals surface area contributed by atoms with Crippen molar-refractivity contribution in [3.8, 4) is 0 Å². The zero-order chi connectivity index (χ0) is 21.7. The molecule has 0 saturated heterocycles. The smallest absolute Gasteiger partial charge is 0.339 e. The van der Waals surface area contributed by atoms with E-state index >= 15 is 0 Å². The minimum absolute atomic E-state index is 0.225. The molecular formula is C22H22N4O3S. The van der Waals surface area contributed by atoms with Crippen LogP contribution in [0.2, 0.25) is 0 Å². The Bertz CT molecular complexity index is 1060. The van der Waals surface area contributed by atoms with E-state index in [2.05, 4.69) is 20.3 Å². The van der Waals surface area contributed by atoms with Gasteiger partial charge in [-0.3, -0.25) is 4.79 Å². The molecule has 7 nitrogen and oxygen atoms in total. The van der Waals surface area contributed by atoms with E-state index in [0.717, 1.165) is 16.3 Å². The third-order valence-corrected chi connectivity index (χ3v) is 4.97. The van der Waals surface area contributed by atoms with Crippen molar-refractivity contribution in [2.75, 3.05) is 11.9 Å². The van der Waals surface area contributed by atoms with Gasteiger partial charge in [-0.25, -0.2) is 19.7 Å². The summed E-state index contributed by atoms with van der Waals surface area (Å²) in [6.07, 6.45) is 0. The maximum Gasteiger partial charge on any atom is 0.339 e. The molecule has 0 unspecified atom stereocenters. The zero-order valence-corrected chi connectivity index (χ0v) is 18.0. The first-order valence-corrected chi connectivity index (χ1v) is 10.2. The summed E-state index contributed by atoms with van der Waals surface area (Å²) in [6, 6.07) is 12.4. The fourth-order valence-electron chi connectivity index (χ4n) is 2.76. The molecule has 0 spiro atoms. The van der Waals surface area contributed by atoms with Crippen LogP contribution in [0.5, 0.6) is 0 Å². The van der Waals surface area contributed by atoms with Gasteiger partial charge in [0.15, 0.2) is 5.16 Å². The molecule has 30 heavy (non-hydrogen) atoms. The van der Waals surface area contributed by atoms with E-state index in [1.807, 2.05) is 44.2 Å². The number of nitrogens with one attached hydrogen (secondary N) is 1. The van der Waals surface area contributed by atoms with Gasteiger partial charge in [0.25, 0.3) is 5.91 Å². The third-order valence-electron chi connectivity index (χ3n) is 4.10. The highest BCUT2D eigenvalue weighted by Crippen LogP contribution is 2.26. The van der Waals surface area contributed by atoms with Crippen molar-refractivity contribution in [1.82, 2.24) is 15.0 Å². The first kappa shape index (κ1) is 21.4. The number of pyridine rings is 1. The highest BCUT2D eigenvalue weighted by atomic mass is 32.2. The van der Waals surface area contributed by atoms with Crippen LogP contribution in [0, 0.1) is 20.8 Å². The molecule has 154 valence electrons. The number of nitrogens with zero attached hydrogens (tertiary/aromatic N) is 3. The number of aryl methyl sites for hydroxylation is 3. The Labute approximate surface area is 179 Å². The molecular weight excluding hydrogens is 400 g/mol. The quantitative estimate of drug-likeness (QED) is 0.465. The van der Waals surface area contributed by atoms with Crippen molar-refractivity contribution in [2.24, 2.45) is 0 Å². The fourth-order valence-corrected chi connectivity index (χ4v) is 3.62. The second-order valence-corrected chi connectivity index (χ2v) is 7.60. The number of anilines is 1. The summed E-state index contributed by atoms with van der Waals surface area (Å²) in [6.45, 7) is 7.56. The fraction of sp³-hybridized carbons (Fsp3) is 0.227. The van der Waals surface area contributed by atoms with Crippen LogP contribution in [0.15, 0.2) is 52.5 Å². The Morgan fingerprint density at radius 3 is 2.23 bits per heavy atom. The van der Waals surface area contributed by atoms with Gasteiger partial charge in [-0.1, -0.05) is 0 Å². The van der Waals surface area contributed by atoms with E-state index < -0.39 is 5.97 Å². The number of aromatic nitrogens is 3. The summed E-state index contributed by atoms with van der Waals surface area (Å²) in [5, 5.41) is 3.50. The van der Waals surface area contributed by atoms with Crippen molar-refractivity contribution in [2.45, 2.75) is 37.7 Å². The van der Waals surface area contributed by atoms with E-state index in [1.165, 1.54) is 17.8 Å². The topological polar surface area (TPSA) is 94.1 Å². The number of amides is 1. The van der Waals surface area contributed by atoms with Crippen molar-refractivity contribution in [3.63, 3.8) is 0 Å². The van der Waals surface area contributed by atoms with Gasteiger partial charge in [0.2, 0.25) is 0 Å². The number of ether oxygens (including phenoxy) is 1. The van der Waals surface area contributed by atoms with E-state index in [-0.39, 0.29) is 18.2 Å². The highest BCUT2D eigenvalue weighted by molar-refractivity contribution is 7.99. The summed E-state index contributed by atoms with van der Waals surface area (Å²) >= 11 is 1.46. The van der Waals surface area contributed by atoms with Gasteiger partial charge in [-0.05, 0) is 81.9 Å². The summed E-state index contributed by atoms with van der Waals surface area (Å²) in [5.41, 5.74) is 3.50. The predicted molar refractivity (Wildman–Crippen MR) is 115 cm³/mol. The molecule has 2 heterocycles. The van der Waals surface area contributed by atoms with E-state index in [4.69, 9.17) is 4.74 Å². The molecule has 1 aromatic carbocycles. The van der Waals surface area contributed by atoms with Gasteiger partial charge < -0.3 is 10.1 Å². The monoisotopic (exact) mass is 422 g/mol. The highest BCUT2D eigenvalue weighted by Gasteiger charge is 2.15. The van der Waals surface area contributed by atoms with Crippen LogP contribution in [0.25, 0.3) is 0 Å². The normalized spacial score (nSPS) is 10.5. The van der Waals surface area contributed by atoms with Crippen molar-refractivity contribution < 1.29 is 14.3 Å². The van der Waals surface area contributed by atoms with Crippen LogP contribution in [0.1, 0.15) is 44.9 Å². The average molecular weight is 423 g/mol. The van der Waals surface area contributed by atoms with Crippen LogP contribution < -0.4 is 5.32 Å². The number of hydrogen-bond acceptors (Lipinski definition) is 7. The SMILES string of the molecule is CCOC(=O)c1ccc(C(=O)Nc2ccc(Sc3nc(C)cc(C)n3)cc2)nc1C.